The molecule has 0 aliphatic rings. The van der Waals surface area contributed by atoms with Crippen molar-refractivity contribution in [3.05, 3.63) is 22.4 Å². The lowest BCUT2D eigenvalue weighted by molar-refractivity contribution is 0.162. The van der Waals surface area contributed by atoms with Gasteiger partial charge >= 0.3 is 0 Å². The molecule has 1 aromatic heterocycles. The summed E-state index contributed by atoms with van der Waals surface area (Å²) in [6.45, 7) is 11.7. The molecule has 0 amide bonds. The maximum atomic E-state index is 5.09. The van der Waals surface area contributed by atoms with Crippen molar-refractivity contribution in [2.75, 3.05) is 53.5 Å². The van der Waals surface area contributed by atoms with Crippen molar-refractivity contribution in [1.82, 2.24) is 15.5 Å². The highest BCUT2D eigenvalue weighted by Crippen LogP contribution is 2.27. The van der Waals surface area contributed by atoms with Crippen LogP contribution in [0.4, 0.5) is 0 Å². The van der Waals surface area contributed by atoms with Gasteiger partial charge in [-0.15, -0.1) is 35.3 Å². The maximum Gasteiger partial charge on any atom is 0.191 e. The van der Waals surface area contributed by atoms with E-state index in [0.29, 0.717) is 0 Å². The Morgan fingerprint density at radius 3 is 2.67 bits per heavy atom. The summed E-state index contributed by atoms with van der Waals surface area (Å²) >= 11 is 1.80. The monoisotopic (exact) mass is 468 g/mol. The van der Waals surface area contributed by atoms with Gasteiger partial charge in [-0.1, -0.05) is 19.9 Å². The van der Waals surface area contributed by atoms with Crippen molar-refractivity contribution in [3.63, 3.8) is 0 Å². The molecular formula is C17H33IN4OS. The average Bonchev–Trinajstić information content (AvgIpc) is 3.06. The molecule has 0 aliphatic heterocycles. The van der Waals surface area contributed by atoms with Gasteiger partial charge in [0.05, 0.1) is 13.2 Å². The number of halogens is 1. The molecular weight excluding hydrogens is 435 g/mol. The molecule has 0 fully saturated rings. The first-order valence-corrected chi connectivity index (χ1v) is 9.11. The molecule has 5 nitrogen and oxygen atoms in total. The van der Waals surface area contributed by atoms with Crippen molar-refractivity contribution < 1.29 is 4.74 Å². The zero-order valence-corrected chi connectivity index (χ0v) is 18.7. The Kier molecular flexibility index (Phi) is 12.7. The first-order chi connectivity index (χ1) is 11.0. The molecule has 0 bridgehead atoms. The van der Waals surface area contributed by atoms with Gasteiger partial charge in [0.25, 0.3) is 0 Å². The fraction of sp³-hybridized carbons (Fsp3) is 0.706. The molecule has 0 atom stereocenters. The van der Waals surface area contributed by atoms with Crippen LogP contribution in [0.2, 0.25) is 0 Å². The molecule has 24 heavy (non-hydrogen) atoms. The number of thiophene rings is 1. The number of rotatable bonds is 10. The highest BCUT2D eigenvalue weighted by atomic mass is 127. The highest BCUT2D eigenvalue weighted by Gasteiger charge is 2.21. The fourth-order valence-corrected chi connectivity index (χ4v) is 2.93. The van der Waals surface area contributed by atoms with Gasteiger partial charge in [0.1, 0.15) is 0 Å². The second-order valence-corrected chi connectivity index (χ2v) is 7.23. The molecule has 1 aromatic rings. The van der Waals surface area contributed by atoms with Crippen LogP contribution < -0.4 is 10.6 Å². The third-order valence-electron chi connectivity index (χ3n) is 3.63. The van der Waals surface area contributed by atoms with Crippen LogP contribution in [0.5, 0.6) is 0 Å². The fourth-order valence-electron chi connectivity index (χ4n) is 2.08. The van der Waals surface area contributed by atoms with Crippen LogP contribution in [0, 0.1) is 0 Å². The van der Waals surface area contributed by atoms with E-state index in [4.69, 9.17) is 9.73 Å². The largest absolute Gasteiger partial charge is 0.383 e. The van der Waals surface area contributed by atoms with Gasteiger partial charge in [0.15, 0.2) is 5.96 Å². The first kappa shape index (κ1) is 23.6. The molecule has 0 unspecified atom stereocenters. The molecule has 0 spiro atoms. The topological polar surface area (TPSA) is 48.9 Å². The minimum absolute atomic E-state index is 0. The van der Waals surface area contributed by atoms with Crippen molar-refractivity contribution in [2.24, 2.45) is 4.99 Å². The molecule has 2 N–H and O–H groups in total. The highest BCUT2D eigenvalue weighted by molar-refractivity contribution is 14.0. The number of nitrogens with one attached hydrogen (secondary N) is 2. The van der Waals surface area contributed by atoms with Gasteiger partial charge in [0.2, 0.25) is 0 Å². The van der Waals surface area contributed by atoms with Gasteiger partial charge in [-0.25, -0.2) is 0 Å². The van der Waals surface area contributed by atoms with Crippen molar-refractivity contribution >= 4 is 41.3 Å². The zero-order chi connectivity index (χ0) is 17.1. The predicted molar refractivity (Wildman–Crippen MR) is 116 cm³/mol. The molecule has 7 heteroatoms. The molecule has 1 heterocycles. The summed E-state index contributed by atoms with van der Waals surface area (Å²) in [5.41, 5.74) is 0.0613. The number of aliphatic imine (C=N–C) groups is 1. The van der Waals surface area contributed by atoms with Crippen LogP contribution in [-0.4, -0.2) is 64.3 Å². The summed E-state index contributed by atoms with van der Waals surface area (Å²) in [5, 5.41) is 8.85. The van der Waals surface area contributed by atoms with Gasteiger partial charge in [0, 0.05) is 43.6 Å². The van der Waals surface area contributed by atoms with Crippen LogP contribution in [0.25, 0.3) is 0 Å². The molecule has 0 aromatic carbocycles. The number of guanidine groups is 1. The third-order valence-corrected chi connectivity index (χ3v) is 4.86. The van der Waals surface area contributed by atoms with E-state index in [1.165, 1.54) is 4.88 Å². The lowest BCUT2D eigenvalue weighted by Crippen LogP contribution is -2.42. The van der Waals surface area contributed by atoms with E-state index in [0.717, 1.165) is 45.3 Å². The van der Waals surface area contributed by atoms with E-state index in [1.807, 2.05) is 0 Å². The van der Waals surface area contributed by atoms with Crippen LogP contribution in [0.3, 0.4) is 0 Å². The number of ether oxygens (including phenoxy) is 1. The zero-order valence-electron chi connectivity index (χ0n) is 15.6. The maximum absolute atomic E-state index is 5.09. The Labute approximate surface area is 168 Å². The summed E-state index contributed by atoms with van der Waals surface area (Å²) in [7, 11) is 3.84. The lowest BCUT2D eigenvalue weighted by Gasteiger charge is -2.22. The smallest absolute Gasteiger partial charge is 0.191 e. The van der Waals surface area contributed by atoms with E-state index in [1.54, 1.807) is 18.4 Å². The number of methoxy groups -OCH3 is 1. The summed E-state index contributed by atoms with van der Waals surface area (Å²) in [6, 6.07) is 4.29. The standard InChI is InChI=1S/C17H32N4OS.HI/c1-6-18-16(19-9-10-21(4)11-12-22-5)20-14-17(2,3)15-8-7-13-23-15;/h7-8,13H,6,9-12,14H2,1-5H3,(H2,18,19,20);1H. The molecule has 1 rings (SSSR count). The van der Waals surface area contributed by atoms with Crippen LogP contribution >= 0.6 is 35.3 Å². The van der Waals surface area contributed by atoms with Crippen LogP contribution in [0.15, 0.2) is 22.5 Å². The molecule has 0 aliphatic carbocycles. The molecule has 0 radical (unpaired) electrons. The lowest BCUT2D eigenvalue weighted by atomic mass is 9.92. The van der Waals surface area contributed by atoms with Gasteiger partial charge in [-0.05, 0) is 25.4 Å². The first-order valence-electron chi connectivity index (χ1n) is 8.23. The SMILES string of the molecule is CCNC(=NCC(C)(C)c1cccs1)NCCN(C)CCOC.I. The Morgan fingerprint density at radius 1 is 1.33 bits per heavy atom. The average molecular weight is 468 g/mol. The minimum Gasteiger partial charge on any atom is -0.383 e. The van der Waals surface area contributed by atoms with Crippen molar-refractivity contribution in [2.45, 2.75) is 26.2 Å². The van der Waals surface area contributed by atoms with E-state index < -0.39 is 0 Å². The normalized spacial score (nSPS) is 12.2. The van der Waals surface area contributed by atoms with Crippen molar-refractivity contribution in [3.8, 4) is 0 Å². The van der Waals surface area contributed by atoms with E-state index in [2.05, 4.69) is 60.9 Å². The number of hydrogen-bond donors (Lipinski definition) is 2. The predicted octanol–water partition coefficient (Wildman–Crippen LogP) is 2.78. The number of hydrogen-bond acceptors (Lipinski definition) is 4. The Bertz CT molecular complexity index is 451. The Hall–Kier alpha value is -0.380. The Balaban J connectivity index is 0.00000529. The van der Waals surface area contributed by atoms with E-state index in [9.17, 15) is 0 Å². The van der Waals surface area contributed by atoms with Crippen LogP contribution in [0.1, 0.15) is 25.6 Å². The van der Waals surface area contributed by atoms with Gasteiger partial charge in [-0.3, -0.25) is 4.99 Å². The summed E-state index contributed by atoms with van der Waals surface area (Å²) in [4.78, 5) is 8.38. The minimum atomic E-state index is 0. The molecule has 140 valence electrons. The Morgan fingerprint density at radius 2 is 2.08 bits per heavy atom. The number of likely N-dealkylation sites (N-methyl/N-ethyl adjacent to an activating group) is 1. The van der Waals surface area contributed by atoms with E-state index >= 15 is 0 Å². The number of nitrogens with zero attached hydrogens (tertiary/aromatic N) is 2. The van der Waals surface area contributed by atoms with Crippen LogP contribution in [-0.2, 0) is 10.2 Å². The van der Waals surface area contributed by atoms with Gasteiger partial charge in [-0.2, -0.15) is 0 Å². The van der Waals surface area contributed by atoms with E-state index in [-0.39, 0.29) is 29.4 Å². The third kappa shape index (κ3) is 9.19. The molecule has 0 saturated heterocycles. The summed E-state index contributed by atoms with van der Waals surface area (Å²) < 4.78 is 5.09. The van der Waals surface area contributed by atoms with Gasteiger partial charge < -0.3 is 20.3 Å². The second kappa shape index (κ2) is 12.9. The summed E-state index contributed by atoms with van der Waals surface area (Å²) in [5.74, 6) is 0.886. The second-order valence-electron chi connectivity index (χ2n) is 6.28. The summed E-state index contributed by atoms with van der Waals surface area (Å²) in [6.07, 6.45) is 0. The molecule has 0 saturated carbocycles. The van der Waals surface area contributed by atoms with Crippen molar-refractivity contribution in [1.29, 1.82) is 0 Å². The quantitative estimate of drug-likeness (QED) is 0.315.